The fraction of sp³-hybridized carbons (Fsp3) is 0.174. The molecule has 0 radical (unpaired) electrons. The van der Waals surface area contributed by atoms with E-state index in [9.17, 15) is 14.7 Å². The van der Waals surface area contributed by atoms with Crippen LogP contribution in [0.25, 0.3) is 0 Å². The van der Waals surface area contributed by atoms with Gasteiger partial charge in [0.25, 0.3) is 5.91 Å². The average molecular weight is 402 g/mol. The Balaban J connectivity index is 1.45. The molecule has 0 aliphatic carbocycles. The summed E-state index contributed by atoms with van der Waals surface area (Å²) in [5.74, 6) is 0.157. The van der Waals surface area contributed by atoms with Gasteiger partial charge in [-0.2, -0.15) is 0 Å². The van der Waals surface area contributed by atoms with E-state index >= 15 is 0 Å². The van der Waals surface area contributed by atoms with Crippen molar-refractivity contribution in [2.45, 2.75) is 6.42 Å². The van der Waals surface area contributed by atoms with Gasteiger partial charge in [0.15, 0.2) is 0 Å². The summed E-state index contributed by atoms with van der Waals surface area (Å²) in [5.41, 5.74) is 2.78. The van der Waals surface area contributed by atoms with Gasteiger partial charge < -0.3 is 20.6 Å². The molecule has 7 heteroatoms. The normalized spacial score (nSPS) is 13.6. The van der Waals surface area contributed by atoms with Crippen LogP contribution < -0.4 is 15.5 Å². The summed E-state index contributed by atoms with van der Waals surface area (Å²) in [5, 5.41) is 15.7. The molecule has 0 saturated carbocycles. The lowest BCUT2D eigenvalue weighted by atomic mass is 10.0. The quantitative estimate of drug-likeness (QED) is 0.610. The highest BCUT2D eigenvalue weighted by atomic mass is 16.3. The first-order chi connectivity index (χ1) is 14.6. The van der Waals surface area contributed by atoms with Gasteiger partial charge in [0.1, 0.15) is 11.6 Å². The maximum absolute atomic E-state index is 12.7. The second kappa shape index (κ2) is 8.65. The standard InChI is InChI=1S/C23H22N4O3/c28-20-8-6-17(12-16-4-2-1-3-5-16)13-19(20)23(30)26-18-7-9-21(25-14-18)27-11-10-24-22(29)15-27/h1-9,13-14,28H,10-12,15H2,(H,24,29)(H,26,30). The van der Waals surface area contributed by atoms with E-state index in [1.165, 1.54) is 6.07 Å². The fourth-order valence-corrected chi connectivity index (χ4v) is 3.39. The summed E-state index contributed by atoms with van der Waals surface area (Å²) in [6, 6.07) is 18.5. The predicted molar refractivity (Wildman–Crippen MR) is 115 cm³/mol. The molecule has 1 aliphatic rings. The Morgan fingerprint density at radius 1 is 1.10 bits per heavy atom. The molecule has 1 saturated heterocycles. The van der Waals surface area contributed by atoms with Gasteiger partial charge in [-0.3, -0.25) is 9.59 Å². The molecule has 2 aromatic carbocycles. The number of aromatic hydroxyl groups is 1. The number of hydrogen-bond donors (Lipinski definition) is 3. The summed E-state index contributed by atoms with van der Waals surface area (Å²) in [7, 11) is 0. The molecule has 3 N–H and O–H groups in total. The van der Waals surface area contributed by atoms with Crippen LogP contribution in [-0.2, 0) is 11.2 Å². The SMILES string of the molecule is O=C1CN(c2ccc(NC(=O)c3cc(Cc4ccccc4)ccc3O)cn2)CCN1. The lowest BCUT2D eigenvalue weighted by Gasteiger charge is -2.27. The van der Waals surface area contributed by atoms with Crippen LogP contribution in [0.2, 0.25) is 0 Å². The first-order valence-electron chi connectivity index (χ1n) is 9.73. The van der Waals surface area contributed by atoms with E-state index in [4.69, 9.17) is 0 Å². The van der Waals surface area contributed by atoms with Crippen molar-refractivity contribution in [3.05, 3.63) is 83.6 Å². The van der Waals surface area contributed by atoms with Crippen LogP contribution in [0.1, 0.15) is 21.5 Å². The first-order valence-corrected chi connectivity index (χ1v) is 9.73. The van der Waals surface area contributed by atoms with Crippen molar-refractivity contribution in [2.75, 3.05) is 29.9 Å². The van der Waals surface area contributed by atoms with E-state index in [1.807, 2.05) is 41.3 Å². The molecule has 0 unspecified atom stereocenters. The molecule has 3 aromatic rings. The van der Waals surface area contributed by atoms with Crippen LogP contribution >= 0.6 is 0 Å². The van der Waals surface area contributed by atoms with Crippen molar-refractivity contribution in [2.24, 2.45) is 0 Å². The highest BCUT2D eigenvalue weighted by Gasteiger charge is 2.18. The number of rotatable bonds is 5. The number of carbonyl (C=O) groups excluding carboxylic acids is 2. The van der Waals surface area contributed by atoms with Crippen LogP contribution in [0.4, 0.5) is 11.5 Å². The van der Waals surface area contributed by atoms with Crippen molar-refractivity contribution < 1.29 is 14.7 Å². The van der Waals surface area contributed by atoms with E-state index in [-0.39, 0.29) is 23.8 Å². The Hall–Kier alpha value is -3.87. The number of anilines is 2. The zero-order valence-electron chi connectivity index (χ0n) is 16.3. The Bertz CT molecular complexity index is 1050. The van der Waals surface area contributed by atoms with Crippen LogP contribution in [0.5, 0.6) is 5.75 Å². The number of nitrogens with one attached hydrogen (secondary N) is 2. The van der Waals surface area contributed by atoms with Gasteiger partial charge in [-0.05, 0) is 41.8 Å². The van der Waals surface area contributed by atoms with Crippen molar-refractivity contribution >= 4 is 23.3 Å². The molecule has 1 fully saturated rings. The molecule has 0 spiro atoms. The van der Waals surface area contributed by atoms with Gasteiger partial charge in [-0.25, -0.2) is 4.98 Å². The van der Waals surface area contributed by atoms with E-state index in [0.717, 1.165) is 11.1 Å². The number of benzene rings is 2. The molecule has 7 nitrogen and oxygen atoms in total. The van der Waals surface area contributed by atoms with Crippen molar-refractivity contribution in [3.8, 4) is 5.75 Å². The summed E-state index contributed by atoms with van der Waals surface area (Å²) >= 11 is 0. The fourth-order valence-electron chi connectivity index (χ4n) is 3.39. The molecule has 1 aliphatic heterocycles. The van der Waals surface area contributed by atoms with Crippen molar-refractivity contribution in [1.29, 1.82) is 0 Å². The number of piperazine rings is 1. The van der Waals surface area contributed by atoms with Gasteiger partial charge in [0.05, 0.1) is 24.0 Å². The Morgan fingerprint density at radius 2 is 1.93 bits per heavy atom. The molecule has 2 heterocycles. The molecule has 2 amide bonds. The third kappa shape index (κ3) is 4.57. The number of carbonyl (C=O) groups is 2. The molecule has 4 rings (SSSR count). The number of aromatic nitrogens is 1. The van der Waals surface area contributed by atoms with E-state index < -0.39 is 5.91 Å². The third-order valence-electron chi connectivity index (χ3n) is 4.92. The number of nitrogens with zero attached hydrogens (tertiary/aromatic N) is 2. The topological polar surface area (TPSA) is 94.6 Å². The van der Waals surface area contributed by atoms with Crippen molar-refractivity contribution in [3.63, 3.8) is 0 Å². The van der Waals surface area contributed by atoms with Gasteiger partial charge in [0, 0.05) is 13.1 Å². The second-order valence-corrected chi connectivity index (χ2v) is 7.14. The molecule has 0 bridgehead atoms. The number of phenolic OH excluding ortho intramolecular Hbond substituents is 1. The smallest absolute Gasteiger partial charge is 0.259 e. The van der Waals surface area contributed by atoms with Gasteiger partial charge in [-0.15, -0.1) is 0 Å². The highest BCUT2D eigenvalue weighted by molar-refractivity contribution is 6.06. The number of hydrogen-bond acceptors (Lipinski definition) is 5. The zero-order chi connectivity index (χ0) is 20.9. The second-order valence-electron chi connectivity index (χ2n) is 7.14. The number of phenols is 1. The minimum atomic E-state index is -0.408. The van der Waals surface area contributed by atoms with E-state index in [1.54, 1.807) is 24.4 Å². The summed E-state index contributed by atoms with van der Waals surface area (Å²) < 4.78 is 0. The van der Waals surface area contributed by atoms with Crippen LogP contribution in [0, 0.1) is 0 Å². The van der Waals surface area contributed by atoms with Crippen molar-refractivity contribution in [1.82, 2.24) is 10.3 Å². The van der Waals surface area contributed by atoms with Crippen LogP contribution in [-0.4, -0.2) is 41.5 Å². The van der Waals surface area contributed by atoms with E-state index in [0.29, 0.717) is 31.0 Å². The maximum atomic E-state index is 12.7. The first kappa shape index (κ1) is 19.4. The highest BCUT2D eigenvalue weighted by Crippen LogP contribution is 2.22. The summed E-state index contributed by atoms with van der Waals surface area (Å²) in [6.45, 7) is 1.53. The van der Waals surface area contributed by atoms with Crippen LogP contribution in [0.15, 0.2) is 66.9 Å². The average Bonchev–Trinajstić information content (AvgIpc) is 2.76. The van der Waals surface area contributed by atoms with Gasteiger partial charge in [-0.1, -0.05) is 36.4 Å². The largest absolute Gasteiger partial charge is 0.507 e. The molecule has 30 heavy (non-hydrogen) atoms. The minimum absolute atomic E-state index is 0.0358. The molecular weight excluding hydrogens is 380 g/mol. The monoisotopic (exact) mass is 402 g/mol. The lowest BCUT2D eigenvalue weighted by Crippen LogP contribution is -2.48. The lowest BCUT2D eigenvalue weighted by molar-refractivity contribution is -0.120. The molecule has 1 aromatic heterocycles. The Labute approximate surface area is 174 Å². The van der Waals surface area contributed by atoms with Crippen LogP contribution in [0.3, 0.4) is 0 Å². The zero-order valence-corrected chi connectivity index (χ0v) is 16.3. The molecule has 0 atom stereocenters. The Morgan fingerprint density at radius 3 is 2.67 bits per heavy atom. The summed E-state index contributed by atoms with van der Waals surface area (Å²) in [6.07, 6.45) is 2.21. The van der Waals surface area contributed by atoms with E-state index in [2.05, 4.69) is 15.6 Å². The van der Waals surface area contributed by atoms with Gasteiger partial charge in [0.2, 0.25) is 5.91 Å². The maximum Gasteiger partial charge on any atom is 0.259 e. The molecular formula is C23H22N4O3. The summed E-state index contributed by atoms with van der Waals surface area (Å²) in [4.78, 5) is 30.5. The number of pyridine rings is 1. The minimum Gasteiger partial charge on any atom is -0.507 e. The Kier molecular flexibility index (Phi) is 5.61. The predicted octanol–water partition coefficient (Wildman–Crippen LogP) is 2.57. The third-order valence-corrected chi connectivity index (χ3v) is 4.92. The number of amides is 2. The molecule has 152 valence electrons. The van der Waals surface area contributed by atoms with Gasteiger partial charge >= 0.3 is 0 Å².